The predicted molar refractivity (Wildman–Crippen MR) is 87.5 cm³/mol. The zero-order valence-electron chi connectivity index (χ0n) is 12.6. The molecule has 2 nitrogen and oxygen atoms in total. The van der Waals surface area contributed by atoms with E-state index in [0.29, 0.717) is 6.04 Å². The smallest absolute Gasteiger partial charge is 0.0943 e. The Balaban J connectivity index is 1.94. The quantitative estimate of drug-likeness (QED) is 0.835. The Morgan fingerprint density at radius 3 is 2.70 bits per heavy atom. The van der Waals surface area contributed by atoms with Crippen molar-refractivity contribution in [2.75, 3.05) is 6.54 Å². The van der Waals surface area contributed by atoms with Crippen molar-refractivity contribution in [3.05, 3.63) is 51.5 Å². The van der Waals surface area contributed by atoms with Crippen molar-refractivity contribution in [3.63, 3.8) is 0 Å². The van der Waals surface area contributed by atoms with Crippen LogP contribution in [0.4, 0.5) is 0 Å². The lowest BCUT2D eigenvalue weighted by atomic mass is 9.99. The largest absolute Gasteiger partial charge is 0.314 e. The van der Waals surface area contributed by atoms with Crippen LogP contribution in [0.5, 0.6) is 0 Å². The molecule has 1 atom stereocenters. The first-order valence-electron chi connectivity index (χ1n) is 7.38. The summed E-state index contributed by atoms with van der Waals surface area (Å²) >= 11 is 1.78. The Bertz CT molecular complexity index is 533. The van der Waals surface area contributed by atoms with Crippen LogP contribution in [-0.4, -0.2) is 17.6 Å². The molecular weight excluding hydrogens is 264 g/mol. The molecule has 3 heteroatoms. The summed E-state index contributed by atoms with van der Waals surface area (Å²) in [7, 11) is 0. The van der Waals surface area contributed by atoms with Gasteiger partial charge in [-0.15, -0.1) is 11.3 Å². The zero-order chi connectivity index (χ0) is 14.4. The van der Waals surface area contributed by atoms with Crippen molar-refractivity contribution in [1.29, 1.82) is 0 Å². The summed E-state index contributed by atoms with van der Waals surface area (Å²) in [5.41, 5.74) is 4.00. The molecule has 2 aromatic rings. The lowest BCUT2D eigenvalue weighted by Gasteiger charge is -2.17. The van der Waals surface area contributed by atoms with Crippen LogP contribution in [0.3, 0.4) is 0 Å². The van der Waals surface area contributed by atoms with Crippen molar-refractivity contribution < 1.29 is 0 Å². The molecule has 0 radical (unpaired) electrons. The second kappa shape index (κ2) is 7.55. The minimum atomic E-state index is 0.519. The molecule has 0 saturated heterocycles. The molecule has 0 bridgehead atoms. The minimum absolute atomic E-state index is 0.519. The summed E-state index contributed by atoms with van der Waals surface area (Å²) in [5, 5.41) is 6.98. The molecular formula is C17H24N2S. The van der Waals surface area contributed by atoms with E-state index in [1.807, 2.05) is 0 Å². The summed E-state index contributed by atoms with van der Waals surface area (Å²) in [6.45, 7) is 7.45. The number of aromatic nitrogens is 1. The summed E-state index contributed by atoms with van der Waals surface area (Å²) in [6, 6.07) is 9.20. The Morgan fingerprint density at radius 1 is 1.25 bits per heavy atom. The highest BCUT2D eigenvalue weighted by molar-refractivity contribution is 7.09. The van der Waals surface area contributed by atoms with Crippen molar-refractivity contribution in [3.8, 4) is 0 Å². The number of likely N-dealkylation sites (N-methyl/N-ethyl adjacent to an activating group) is 1. The molecule has 0 aliphatic heterocycles. The summed E-state index contributed by atoms with van der Waals surface area (Å²) in [5.74, 6) is 0. The monoisotopic (exact) mass is 288 g/mol. The van der Waals surface area contributed by atoms with Gasteiger partial charge in [0.15, 0.2) is 0 Å². The standard InChI is InChI=1S/C17H24N2S/c1-4-18-16(11-17-19-14(3)12-20-17)10-9-15-8-6-5-7-13(15)2/h5-8,12,16,18H,4,9-11H2,1-3H3. The van der Waals surface area contributed by atoms with Crippen LogP contribution in [0.15, 0.2) is 29.6 Å². The normalized spacial score (nSPS) is 12.6. The molecule has 0 spiro atoms. The highest BCUT2D eigenvalue weighted by Crippen LogP contribution is 2.15. The van der Waals surface area contributed by atoms with E-state index in [2.05, 4.69) is 60.7 Å². The third-order valence-corrected chi connectivity index (χ3v) is 4.59. The second-order valence-corrected chi connectivity index (χ2v) is 6.25. The number of hydrogen-bond donors (Lipinski definition) is 1. The van der Waals surface area contributed by atoms with E-state index in [4.69, 9.17) is 0 Å². The Kier molecular flexibility index (Phi) is 5.74. The van der Waals surface area contributed by atoms with E-state index in [1.54, 1.807) is 11.3 Å². The third-order valence-electron chi connectivity index (χ3n) is 3.60. The number of thiazole rings is 1. The van der Waals surface area contributed by atoms with Gasteiger partial charge in [0.1, 0.15) is 0 Å². The maximum Gasteiger partial charge on any atom is 0.0943 e. The number of aryl methyl sites for hydroxylation is 3. The van der Waals surface area contributed by atoms with Crippen molar-refractivity contribution in [1.82, 2.24) is 10.3 Å². The predicted octanol–water partition coefficient (Wildman–Crippen LogP) is 3.91. The van der Waals surface area contributed by atoms with Crippen LogP contribution in [-0.2, 0) is 12.8 Å². The maximum absolute atomic E-state index is 4.58. The Labute approximate surface area is 126 Å². The van der Waals surface area contributed by atoms with Gasteiger partial charge >= 0.3 is 0 Å². The number of nitrogens with zero attached hydrogens (tertiary/aromatic N) is 1. The molecule has 1 unspecified atom stereocenters. The van der Waals surface area contributed by atoms with Gasteiger partial charge in [-0.3, -0.25) is 0 Å². The van der Waals surface area contributed by atoms with Gasteiger partial charge in [-0.2, -0.15) is 0 Å². The van der Waals surface area contributed by atoms with Gasteiger partial charge in [0.25, 0.3) is 0 Å². The summed E-state index contributed by atoms with van der Waals surface area (Å²) in [6.07, 6.45) is 3.34. The number of rotatable bonds is 7. The van der Waals surface area contributed by atoms with Crippen LogP contribution >= 0.6 is 11.3 Å². The number of benzene rings is 1. The number of nitrogens with one attached hydrogen (secondary N) is 1. The fourth-order valence-corrected chi connectivity index (χ4v) is 3.35. The molecule has 2 rings (SSSR count). The molecule has 20 heavy (non-hydrogen) atoms. The van der Waals surface area contributed by atoms with E-state index in [1.165, 1.54) is 16.1 Å². The second-order valence-electron chi connectivity index (χ2n) is 5.31. The van der Waals surface area contributed by atoms with Gasteiger partial charge in [-0.25, -0.2) is 4.98 Å². The van der Waals surface area contributed by atoms with E-state index >= 15 is 0 Å². The van der Waals surface area contributed by atoms with Gasteiger partial charge in [-0.1, -0.05) is 31.2 Å². The molecule has 0 saturated carbocycles. The fourth-order valence-electron chi connectivity index (χ4n) is 2.49. The average Bonchev–Trinajstić information content (AvgIpc) is 2.83. The Morgan fingerprint density at radius 2 is 2.05 bits per heavy atom. The van der Waals surface area contributed by atoms with Crippen LogP contribution in [0, 0.1) is 13.8 Å². The van der Waals surface area contributed by atoms with Crippen LogP contribution in [0.2, 0.25) is 0 Å². The summed E-state index contributed by atoms with van der Waals surface area (Å²) in [4.78, 5) is 4.58. The molecule has 1 N–H and O–H groups in total. The minimum Gasteiger partial charge on any atom is -0.314 e. The molecule has 1 heterocycles. The fraction of sp³-hybridized carbons (Fsp3) is 0.471. The zero-order valence-corrected chi connectivity index (χ0v) is 13.5. The first-order chi connectivity index (χ1) is 9.69. The van der Waals surface area contributed by atoms with E-state index in [0.717, 1.165) is 31.5 Å². The lowest BCUT2D eigenvalue weighted by Crippen LogP contribution is -2.31. The first kappa shape index (κ1) is 15.2. The lowest BCUT2D eigenvalue weighted by molar-refractivity contribution is 0.490. The van der Waals surface area contributed by atoms with Crippen molar-refractivity contribution in [2.45, 2.75) is 46.1 Å². The third kappa shape index (κ3) is 4.43. The molecule has 1 aromatic carbocycles. The van der Waals surface area contributed by atoms with Crippen LogP contribution in [0.25, 0.3) is 0 Å². The van der Waals surface area contributed by atoms with E-state index < -0.39 is 0 Å². The average molecular weight is 288 g/mol. The molecule has 108 valence electrons. The molecule has 1 aromatic heterocycles. The molecule has 0 fully saturated rings. The van der Waals surface area contributed by atoms with Crippen molar-refractivity contribution >= 4 is 11.3 Å². The van der Waals surface area contributed by atoms with E-state index in [9.17, 15) is 0 Å². The topological polar surface area (TPSA) is 24.9 Å². The van der Waals surface area contributed by atoms with Gasteiger partial charge in [0, 0.05) is 23.5 Å². The van der Waals surface area contributed by atoms with Gasteiger partial charge in [0.2, 0.25) is 0 Å². The van der Waals surface area contributed by atoms with Gasteiger partial charge in [-0.05, 0) is 44.4 Å². The van der Waals surface area contributed by atoms with Crippen LogP contribution < -0.4 is 5.32 Å². The van der Waals surface area contributed by atoms with Gasteiger partial charge in [0.05, 0.1) is 5.01 Å². The molecule has 0 aliphatic rings. The van der Waals surface area contributed by atoms with E-state index in [-0.39, 0.29) is 0 Å². The Hall–Kier alpha value is -1.19. The summed E-state index contributed by atoms with van der Waals surface area (Å²) < 4.78 is 0. The maximum atomic E-state index is 4.58. The SMILES string of the molecule is CCNC(CCc1ccccc1C)Cc1nc(C)cs1. The number of hydrogen-bond acceptors (Lipinski definition) is 3. The van der Waals surface area contributed by atoms with Crippen LogP contribution in [0.1, 0.15) is 35.2 Å². The highest BCUT2D eigenvalue weighted by atomic mass is 32.1. The highest BCUT2D eigenvalue weighted by Gasteiger charge is 2.11. The molecule has 0 aliphatic carbocycles. The van der Waals surface area contributed by atoms with Crippen molar-refractivity contribution in [2.24, 2.45) is 0 Å². The molecule has 0 amide bonds. The van der Waals surface area contributed by atoms with Gasteiger partial charge < -0.3 is 5.32 Å². The first-order valence-corrected chi connectivity index (χ1v) is 8.26.